The van der Waals surface area contributed by atoms with Crippen LogP contribution < -0.4 is 30.1 Å². The van der Waals surface area contributed by atoms with Gasteiger partial charge >= 0.3 is 0 Å². The SMILES string of the molecule is COc1cc(C)c(P(c2cccc(C(C)(C)C)c2O)c2c(C)cc(C)cc2OC)c(OC)c1. The molecule has 4 nitrogen and oxygen atoms in total. The van der Waals surface area contributed by atoms with Gasteiger partial charge in [-0.2, -0.15) is 0 Å². The van der Waals surface area contributed by atoms with Crippen LogP contribution in [-0.4, -0.2) is 26.4 Å². The highest BCUT2D eigenvalue weighted by Gasteiger charge is 2.31. The van der Waals surface area contributed by atoms with Gasteiger partial charge in [0.1, 0.15) is 23.0 Å². The Hall–Kier alpha value is -2.71. The van der Waals surface area contributed by atoms with Crippen molar-refractivity contribution in [2.45, 2.75) is 47.0 Å². The summed E-state index contributed by atoms with van der Waals surface area (Å²) in [5.74, 6) is 2.62. The minimum Gasteiger partial charge on any atom is -0.507 e. The van der Waals surface area contributed by atoms with E-state index in [2.05, 4.69) is 53.7 Å². The van der Waals surface area contributed by atoms with Crippen molar-refractivity contribution < 1.29 is 19.3 Å². The Balaban J connectivity index is 2.47. The van der Waals surface area contributed by atoms with E-state index < -0.39 is 7.92 Å². The fraction of sp³-hybridized carbons (Fsp3) is 0.357. The fourth-order valence-corrected chi connectivity index (χ4v) is 7.17. The van der Waals surface area contributed by atoms with Crippen LogP contribution in [0.25, 0.3) is 0 Å². The molecule has 0 aliphatic rings. The van der Waals surface area contributed by atoms with E-state index in [9.17, 15) is 5.11 Å². The third-order valence-corrected chi connectivity index (χ3v) is 8.72. The van der Waals surface area contributed by atoms with Gasteiger partial charge in [-0.25, -0.2) is 0 Å². The van der Waals surface area contributed by atoms with Crippen LogP contribution in [0.1, 0.15) is 43.0 Å². The lowest BCUT2D eigenvalue weighted by Gasteiger charge is -2.29. The molecule has 0 saturated carbocycles. The van der Waals surface area contributed by atoms with Crippen LogP contribution in [0.5, 0.6) is 23.0 Å². The Morgan fingerprint density at radius 3 is 1.88 bits per heavy atom. The van der Waals surface area contributed by atoms with Crippen molar-refractivity contribution in [3.05, 3.63) is 64.7 Å². The van der Waals surface area contributed by atoms with Crippen molar-refractivity contribution in [2.24, 2.45) is 0 Å². The number of aromatic hydroxyl groups is 1. The highest BCUT2D eigenvalue weighted by atomic mass is 31.1. The number of benzene rings is 3. The normalized spacial score (nSPS) is 12.4. The van der Waals surface area contributed by atoms with Crippen LogP contribution in [0, 0.1) is 20.8 Å². The summed E-state index contributed by atoms with van der Waals surface area (Å²) in [5.41, 5.74) is 4.01. The first-order valence-corrected chi connectivity index (χ1v) is 12.4. The highest BCUT2D eigenvalue weighted by molar-refractivity contribution is 7.80. The molecule has 1 atom stereocenters. The number of phenols is 1. The van der Waals surface area contributed by atoms with Crippen LogP contribution in [-0.2, 0) is 5.41 Å². The molecule has 1 N–H and O–H groups in total. The number of methoxy groups -OCH3 is 3. The minimum absolute atomic E-state index is 0.202. The quantitative estimate of drug-likeness (QED) is 0.494. The van der Waals surface area contributed by atoms with Crippen LogP contribution in [0.2, 0.25) is 0 Å². The van der Waals surface area contributed by atoms with E-state index >= 15 is 0 Å². The first kappa shape index (κ1) is 24.9. The first-order valence-electron chi connectivity index (χ1n) is 11.0. The molecule has 0 aliphatic carbocycles. The second-order valence-electron chi connectivity index (χ2n) is 9.39. The Bertz CT molecular complexity index is 1160. The summed E-state index contributed by atoms with van der Waals surface area (Å²) in [7, 11) is 3.82. The number of aryl methyl sites for hydroxylation is 3. The molecular formula is C28H35O4P. The lowest BCUT2D eigenvalue weighted by molar-refractivity contribution is 0.396. The predicted octanol–water partition coefficient (Wildman–Crippen LogP) is 5.40. The van der Waals surface area contributed by atoms with E-state index in [1.54, 1.807) is 21.3 Å². The van der Waals surface area contributed by atoms with Crippen LogP contribution in [0.3, 0.4) is 0 Å². The zero-order valence-electron chi connectivity index (χ0n) is 21.2. The molecule has 3 aromatic carbocycles. The summed E-state index contributed by atoms with van der Waals surface area (Å²) in [6.45, 7) is 12.6. The molecule has 0 spiro atoms. The maximum atomic E-state index is 11.6. The monoisotopic (exact) mass is 466 g/mol. The molecule has 3 aromatic rings. The minimum atomic E-state index is -1.21. The summed E-state index contributed by atoms with van der Waals surface area (Å²) in [6, 6.07) is 14.2. The van der Waals surface area contributed by atoms with Crippen LogP contribution in [0.4, 0.5) is 0 Å². The lowest BCUT2D eigenvalue weighted by Crippen LogP contribution is -2.28. The zero-order chi connectivity index (χ0) is 24.5. The molecule has 0 bridgehead atoms. The molecule has 0 amide bonds. The summed E-state index contributed by atoms with van der Waals surface area (Å²) in [4.78, 5) is 0. The van der Waals surface area contributed by atoms with E-state index in [-0.39, 0.29) is 5.41 Å². The van der Waals surface area contributed by atoms with E-state index in [0.29, 0.717) is 5.75 Å². The largest absolute Gasteiger partial charge is 0.507 e. The molecular weight excluding hydrogens is 431 g/mol. The maximum Gasteiger partial charge on any atom is 0.131 e. The smallest absolute Gasteiger partial charge is 0.131 e. The fourth-order valence-electron chi connectivity index (χ4n) is 4.31. The van der Waals surface area contributed by atoms with E-state index in [1.807, 2.05) is 30.3 Å². The third-order valence-electron chi connectivity index (χ3n) is 5.84. The molecule has 0 aliphatic heterocycles. The van der Waals surface area contributed by atoms with Gasteiger partial charge in [-0.15, -0.1) is 0 Å². The van der Waals surface area contributed by atoms with Crippen molar-refractivity contribution in [2.75, 3.05) is 21.3 Å². The topological polar surface area (TPSA) is 47.9 Å². The Kier molecular flexibility index (Phi) is 7.29. The van der Waals surface area contributed by atoms with Crippen molar-refractivity contribution in [1.29, 1.82) is 0 Å². The second-order valence-corrected chi connectivity index (χ2v) is 11.4. The number of para-hydroxylation sites is 1. The van der Waals surface area contributed by atoms with Crippen LogP contribution in [0.15, 0.2) is 42.5 Å². The third kappa shape index (κ3) is 4.82. The van der Waals surface area contributed by atoms with Gasteiger partial charge in [0.15, 0.2) is 0 Å². The number of hydrogen-bond acceptors (Lipinski definition) is 4. The first-order chi connectivity index (χ1) is 15.5. The summed E-state index contributed by atoms with van der Waals surface area (Å²) >= 11 is 0. The average Bonchev–Trinajstić information content (AvgIpc) is 2.75. The van der Waals surface area contributed by atoms with Crippen molar-refractivity contribution >= 4 is 23.8 Å². The Morgan fingerprint density at radius 2 is 1.33 bits per heavy atom. The molecule has 0 aromatic heterocycles. The van der Waals surface area contributed by atoms with Gasteiger partial charge in [-0.3, -0.25) is 0 Å². The van der Waals surface area contributed by atoms with Crippen molar-refractivity contribution in [3.63, 3.8) is 0 Å². The summed E-state index contributed by atoms with van der Waals surface area (Å²) < 4.78 is 17.3. The molecule has 5 heteroatoms. The van der Waals surface area contributed by atoms with Gasteiger partial charge in [0.25, 0.3) is 0 Å². The second kappa shape index (κ2) is 9.65. The summed E-state index contributed by atoms with van der Waals surface area (Å²) in [6.07, 6.45) is 0. The standard InChI is InChI=1S/C28H35O4P/c1-17-13-18(2)26(22(14-17)31-8)33(24-12-10-11-21(25(24)29)28(4,5)6)27-19(3)15-20(30-7)16-23(27)32-9/h10-16,29H,1-9H3. The number of ether oxygens (including phenoxy) is 3. The van der Waals surface area contributed by atoms with Crippen molar-refractivity contribution in [3.8, 4) is 23.0 Å². The molecule has 176 valence electrons. The summed E-state index contributed by atoms with van der Waals surface area (Å²) in [5, 5.41) is 14.6. The average molecular weight is 467 g/mol. The zero-order valence-corrected chi connectivity index (χ0v) is 22.1. The van der Waals surface area contributed by atoms with Gasteiger partial charge in [-0.1, -0.05) is 45.0 Å². The van der Waals surface area contributed by atoms with Gasteiger partial charge in [0, 0.05) is 22.0 Å². The van der Waals surface area contributed by atoms with Gasteiger partial charge < -0.3 is 19.3 Å². The number of rotatable bonds is 6. The molecule has 3 rings (SSSR count). The van der Waals surface area contributed by atoms with E-state index in [4.69, 9.17) is 14.2 Å². The Labute approximate surface area is 199 Å². The van der Waals surface area contributed by atoms with Gasteiger partial charge in [-0.05, 0) is 68.5 Å². The molecule has 0 heterocycles. The molecule has 0 saturated heterocycles. The molecule has 0 radical (unpaired) electrons. The van der Waals surface area contributed by atoms with Gasteiger partial charge in [0.05, 0.1) is 21.3 Å². The van der Waals surface area contributed by atoms with E-state index in [0.717, 1.165) is 55.4 Å². The number of phenolic OH excluding ortho intramolecular Hbond substituents is 1. The molecule has 1 unspecified atom stereocenters. The predicted molar refractivity (Wildman–Crippen MR) is 139 cm³/mol. The molecule has 33 heavy (non-hydrogen) atoms. The lowest BCUT2D eigenvalue weighted by atomic mass is 9.86. The Morgan fingerprint density at radius 1 is 0.758 bits per heavy atom. The molecule has 0 fully saturated rings. The number of hydrogen-bond donors (Lipinski definition) is 1. The van der Waals surface area contributed by atoms with Crippen molar-refractivity contribution in [1.82, 2.24) is 0 Å². The van der Waals surface area contributed by atoms with Gasteiger partial charge in [0.2, 0.25) is 0 Å². The van der Waals surface area contributed by atoms with E-state index in [1.165, 1.54) is 0 Å². The van der Waals surface area contributed by atoms with Crippen LogP contribution >= 0.6 is 7.92 Å². The maximum absolute atomic E-state index is 11.6. The highest BCUT2D eigenvalue weighted by Crippen LogP contribution is 2.46.